The minimum atomic E-state index is -0.737. The standard InChI is InChI=1S/C14H22O4/c1-13-6-9(15)3-4-12(13)14(16,7-18-8-17-2)11-5-10(11)13/h10-12,16H,3-8H2,1-2H3/t10-,11+,12-,13+,14-/m1/s1. The summed E-state index contributed by atoms with van der Waals surface area (Å²) in [6.07, 6.45) is 3.13. The molecular formula is C14H22O4. The van der Waals surface area contributed by atoms with Gasteiger partial charge in [0.05, 0.1) is 12.2 Å². The third-order valence-electron chi connectivity index (χ3n) is 5.50. The van der Waals surface area contributed by atoms with Gasteiger partial charge in [-0.25, -0.2) is 0 Å². The number of ether oxygens (including phenoxy) is 2. The number of carbonyl (C=O) groups is 1. The lowest BCUT2D eigenvalue weighted by atomic mass is 9.63. The molecule has 0 radical (unpaired) electrons. The van der Waals surface area contributed by atoms with Crippen LogP contribution in [-0.4, -0.2) is 37.0 Å². The molecule has 3 fully saturated rings. The minimum absolute atomic E-state index is 0.00514. The van der Waals surface area contributed by atoms with E-state index in [1.807, 2.05) is 0 Å². The summed E-state index contributed by atoms with van der Waals surface area (Å²) >= 11 is 0. The van der Waals surface area contributed by atoms with Gasteiger partial charge in [0.15, 0.2) is 0 Å². The zero-order valence-electron chi connectivity index (χ0n) is 11.1. The van der Waals surface area contributed by atoms with Gasteiger partial charge in [-0.3, -0.25) is 4.79 Å². The van der Waals surface area contributed by atoms with E-state index in [0.29, 0.717) is 37.1 Å². The quantitative estimate of drug-likeness (QED) is 0.608. The molecule has 0 amide bonds. The maximum atomic E-state index is 11.7. The molecule has 0 aromatic heterocycles. The van der Waals surface area contributed by atoms with Crippen molar-refractivity contribution in [3.05, 3.63) is 0 Å². The molecule has 4 nitrogen and oxygen atoms in total. The molecule has 0 spiro atoms. The molecule has 3 aliphatic carbocycles. The molecule has 102 valence electrons. The Bertz CT molecular complexity index is 369. The number of ketones is 1. The molecule has 1 N–H and O–H groups in total. The second-order valence-corrected chi connectivity index (χ2v) is 6.51. The Morgan fingerprint density at radius 3 is 2.94 bits per heavy atom. The molecule has 0 aromatic carbocycles. The largest absolute Gasteiger partial charge is 0.387 e. The monoisotopic (exact) mass is 254 g/mol. The molecule has 4 heteroatoms. The molecule has 0 aliphatic heterocycles. The fraction of sp³-hybridized carbons (Fsp3) is 0.929. The predicted molar refractivity (Wildman–Crippen MR) is 64.8 cm³/mol. The van der Waals surface area contributed by atoms with E-state index in [9.17, 15) is 9.90 Å². The van der Waals surface area contributed by atoms with Crippen molar-refractivity contribution in [3.8, 4) is 0 Å². The third kappa shape index (κ3) is 1.59. The predicted octanol–water partition coefficient (Wildman–Crippen LogP) is 1.36. The van der Waals surface area contributed by atoms with Crippen molar-refractivity contribution in [2.24, 2.45) is 23.2 Å². The van der Waals surface area contributed by atoms with Crippen LogP contribution in [0.3, 0.4) is 0 Å². The molecule has 0 aromatic rings. The van der Waals surface area contributed by atoms with Crippen molar-refractivity contribution < 1.29 is 19.4 Å². The Hall–Kier alpha value is -0.450. The van der Waals surface area contributed by atoms with Gasteiger partial charge in [-0.2, -0.15) is 0 Å². The van der Waals surface area contributed by atoms with Crippen LogP contribution in [0.1, 0.15) is 32.6 Å². The van der Waals surface area contributed by atoms with Gasteiger partial charge in [0, 0.05) is 20.0 Å². The summed E-state index contributed by atoms with van der Waals surface area (Å²) in [7, 11) is 1.59. The number of Topliss-reactive ketones (excluding diaryl/α,β-unsaturated/α-hetero) is 1. The molecular weight excluding hydrogens is 232 g/mol. The second-order valence-electron chi connectivity index (χ2n) is 6.51. The molecule has 18 heavy (non-hydrogen) atoms. The second kappa shape index (κ2) is 4.02. The molecule has 5 atom stereocenters. The van der Waals surface area contributed by atoms with Crippen LogP contribution in [0.4, 0.5) is 0 Å². The first-order valence-corrected chi connectivity index (χ1v) is 6.83. The normalized spacial score (nSPS) is 49.9. The lowest BCUT2D eigenvalue weighted by Gasteiger charge is -2.44. The highest BCUT2D eigenvalue weighted by Gasteiger charge is 2.73. The average Bonchev–Trinajstić information content (AvgIpc) is 3.06. The van der Waals surface area contributed by atoms with E-state index >= 15 is 0 Å². The van der Waals surface area contributed by atoms with E-state index in [4.69, 9.17) is 9.47 Å². The van der Waals surface area contributed by atoms with Gasteiger partial charge in [0.2, 0.25) is 0 Å². The van der Waals surface area contributed by atoms with E-state index < -0.39 is 5.60 Å². The first-order valence-electron chi connectivity index (χ1n) is 6.83. The van der Waals surface area contributed by atoms with E-state index in [1.54, 1.807) is 7.11 Å². The number of hydrogen-bond donors (Lipinski definition) is 1. The molecule has 0 bridgehead atoms. The molecule has 0 heterocycles. The van der Waals surface area contributed by atoms with Gasteiger partial charge in [-0.1, -0.05) is 6.92 Å². The fourth-order valence-electron chi connectivity index (χ4n) is 4.71. The summed E-state index contributed by atoms with van der Waals surface area (Å²) in [5.74, 6) is 1.42. The first kappa shape index (κ1) is 12.6. The van der Waals surface area contributed by atoms with Gasteiger partial charge < -0.3 is 14.6 Å². The van der Waals surface area contributed by atoms with Crippen molar-refractivity contribution in [2.45, 2.75) is 38.2 Å². The van der Waals surface area contributed by atoms with E-state index in [0.717, 1.165) is 12.8 Å². The summed E-state index contributed by atoms with van der Waals surface area (Å²) < 4.78 is 10.3. The first-order chi connectivity index (χ1) is 8.52. The molecule has 0 saturated heterocycles. The van der Waals surface area contributed by atoms with Crippen LogP contribution in [0, 0.1) is 23.2 Å². The summed E-state index contributed by atoms with van der Waals surface area (Å²) in [5.41, 5.74) is -0.732. The molecule has 0 unspecified atom stereocenters. The van der Waals surface area contributed by atoms with Crippen molar-refractivity contribution in [1.29, 1.82) is 0 Å². The Morgan fingerprint density at radius 2 is 2.22 bits per heavy atom. The highest BCUT2D eigenvalue weighted by molar-refractivity contribution is 5.80. The zero-order chi connectivity index (χ0) is 13.0. The minimum Gasteiger partial charge on any atom is -0.387 e. The van der Waals surface area contributed by atoms with Crippen LogP contribution >= 0.6 is 0 Å². The van der Waals surface area contributed by atoms with Crippen LogP contribution in [0.25, 0.3) is 0 Å². The average molecular weight is 254 g/mol. The van der Waals surface area contributed by atoms with Crippen molar-refractivity contribution in [3.63, 3.8) is 0 Å². The van der Waals surface area contributed by atoms with Gasteiger partial charge in [0.1, 0.15) is 12.6 Å². The van der Waals surface area contributed by atoms with Crippen molar-refractivity contribution in [1.82, 2.24) is 0 Å². The fourth-order valence-corrected chi connectivity index (χ4v) is 4.71. The number of aliphatic hydroxyl groups is 1. The number of rotatable bonds is 4. The maximum Gasteiger partial charge on any atom is 0.146 e. The molecule has 3 saturated carbocycles. The Morgan fingerprint density at radius 1 is 1.44 bits per heavy atom. The van der Waals surface area contributed by atoms with Crippen LogP contribution in [-0.2, 0) is 14.3 Å². The van der Waals surface area contributed by atoms with Crippen LogP contribution in [0.15, 0.2) is 0 Å². The number of carbonyl (C=O) groups excluding carboxylic acids is 1. The molecule has 3 rings (SSSR count). The number of fused-ring (bicyclic) bond motifs is 3. The summed E-state index contributed by atoms with van der Waals surface area (Å²) in [6, 6.07) is 0. The van der Waals surface area contributed by atoms with Crippen LogP contribution < -0.4 is 0 Å². The van der Waals surface area contributed by atoms with Gasteiger partial charge in [-0.15, -0.1) is 0 Å². The van der Waals surface area contributed by atoms with Gasteiger partial charge in [0.25, 0.3) is 0 Å². The van der Waals surface area contributed by atoms with Crippen molar-refractivity contribution in [2.75, 3.05) is 20.5 Å². The highest BCUT2D eigenvalue weighted by atomic mass is 16.7. The van der Waals surface area contributed by atoms with Gasteiger partial charge >= 0.3 is 0 Å². The Kier molecular flexibility index (Phi) is 2.81. The van der Waals surface area contributed by atoms with E-state index in [2.05, 4.69) is 6.92 Å². The number of methoxy groups -OCH3 is 1. The van der Waals surface area contributed by atoms with Crippen LogP contribution in [0.2, 0.25) is 0 Å². The summed E-state index contributed by atoms with van der Waals surface area (Å²) in [5, 5.41) is 11.0. The van der Waals surface area contributed by atoms with Crippen molar-refractivity contribution >= 4 is 5.78 Å². The third-order valence-corrected chi connectivity index (χ3v) is 5.50. The Labute approximate surface area is 108 Å². The topological polar surface area (TPSA) is 55.8 Å². The van der Waals surface area contributed by atoms with Gasteiger partial charge in [-0.05, 0) is 36.0 Å². The lowest BCUT2D eigenvalue weighted by molar-refractivity contribution is -0.151. The lowest BCUT2D eigenvalue weighted by Crippen LogP contribution is -2.49. The summed E-state index contributed by atoms with van der Waals surface area (Å²) in [4.78, 5) is 11.7. The van der Waals surface area contributed by atoms with E-state index in [-0.39, 0.29) is 18.1 Å². The zero-order valence-corrected chi connectivity index (χ0v) is 11.1. The van der Waals surface area contributed by atoms with E-state index in [1.165, 1.54) is 0 Å². The summed E-state index contributed by atoms with van der Waals surface area (Å²) in [6.45, 7) is 2.76. The number of hydrogen-bond acceptors (Lipinski definition) is 4. The Balaban J connectivity index is 1.79. The maximum absolute atomic E-state index is 11.7. The smallest absolute Gasteiger partial charge is 0.146 e. The molecule has 3 aliphatic rings. The highest BCUT2D eigenvalue weighted by Crippen LogP contribution is 2.72. The SMILES string of the molecule is COCOC[C@]1(O)[C@@H]2CCC(=O)C[C@@]2(C)[C@@H]2C[C@@H]21. The van der Waals surface area contributed by atoms with Crippen LogP contribution in [0.5, 0.6) is 0 Å².